The highest BCUT2D eigenvalue weighted by atomic mass is 79.9. The summed E-state index contributed by atoms with van der Waals surface area (Å²) in [5.41, 5.74) is 0.734. The van der Waals surface area contributed by atoms with E-state index in [0.717, 1.165) is 17.6 Å². The molecule has 20 heavy (non-hydrogen) atoms. The lowest BCUT2D eigenvalue weighted by Crippen LogP contribution is -2.42. The van der Waals surface area contributed by atoms with Gasteiger partial charge in [0.15, 0.2) is 0 Å². The van der Waals surface area contributed by atoms with Crippen LogP contribution in [-0.2, 0) is 4.74 Å². The van der Waals surface area contributed by atoms with E-state index in [9.17, 15) is 4.79 Å². The van der Waals surface area contributed by atoms with Crippen molar-refractivity contribution in [2.45, 2.75) is 38.3 Å². The van der Waals surface area contributed by atoms with Crippen LogP contribution in [0.4, 0.5) is 4.79 Å². The van der Waals surface area contributed by atoms with E-state index < -0.39 is 5.60 Å². The highest BCUT2D eigenvalue weighted by Gasteiger charge is 2.32. The van der Waals surface area contributed by atoms with Crippen LogP contribution in [0.5, 0.6) is 0 Å². The van der Waals surface area contributed by atoms with Crippen LogP contribution in [0.2, 0.25) is 0 Å². The Bertz CT molecular complexity index is 485. The first-order chi connectivity index (χ1) is 9.37. The Morgan fingerprint density at radius 2 is 2.05 bits per heavy atom. The maximum atomic E-state index is 11.9. The molecule has 0 saturated carbocycles. The second kappa shape index (κ2) is 6.14. The summed E-state index contributed by atoms with van der Waals surface area (Å²) in [6.45, 7) is 7.20. The molecular weight excluding hydrogens is 320 g/mol. The Labute approximate surface area is 128 Å². The number of hydrogen-bond acceptors (Lipinski definition) is 3. The molecule has 110 valence electrons. The Hall–Kier alpha value is -1.07. The first-order valence-corrected chi connectivity index (χ1v) is 7.61. The maximum Gasteiger partial charge on any atom is 0.407 e. The average molecular weight is 341 g/mol. The fourth-order valence-electron chi connectivity index (χ4n) is 2.39. The van der Waals surface area contributed by atoms with E-state index in [1.165, 1.54) is 5.56 Å². The summed E-state index contributed by atoms with van der Waals surface area (Å²) in [4.78, 5) is 11.9. The van der Waals surface area contributed by atoms with Crippen molar-refractivity contribution in [3.05, 3.63) is 34.3 Å². The van der Waals surface area contributed by atoms with Crippen LogP contribution >= 0.6 is 15.9 Å². The summed E-state index contributed by atoms with van der Waals surface area (Å²) in [7, 11) is 0. The smallest absolute Gasteiger partial charge is 0.407 e. The van der Waals surface area contributed by atoms with Gasteiger partial charge in [0.1, 0.15) is 5.60 Å². The summed E-state index contributed by atoms with van der Waals surface area (Å²) in [5, 5.41) is 6.29. The average Bonchev–Trinajstić information content (AvgIpc) is 2.75. The van der Waals surface area contributed by atoms with Gasteiger partial charge in [-0.1, -0.05) is 34.1 Å². The van der Waals surface area contributed by atoms with Crippen molar-refractivity contribution in [1.29, 1.82) is 0 Å². The quantitative estimate of drug-likeness (QED) is 0.869. The van der Waals surface area contributed by atoms with Gasteiger partial charge in [0.05, 0.1) is 6.04 Å². The molecule has 1 heterocycles. The van der Waals surface area contributed by atoms with E-state index in [1.807, 2.05) is 39.0 Å². The molecule has 0 unspecified atom stereocenters. The molecule has 0 aromatic heterocycles. The van der Waals surface area contributed by atoms with E-state index in [1.54, 1.807) is 0 Å². The third kappa shape index (κ3) is 3.96. The third-order valence-corrected chi connectivity index (χ3v) is 3.94. The molecule has 4 nitrogen and oxygen atoms in total. The number of halogens is 1. The molecule has 2 N–H and O–H groups in total. The number of ether oxygens (including phenoxy) is 1. The van der Waals surface area contributed by atoms with Gasteiger partial charge in [-0.05, 0) is 32.4 Å². The van der Waals surface area contributed by atoms with Crippen molar-refractivity contribution in [3.8, 4) is 0 Å². The fraction of sp³-hybridized carbons (Fsp3) is 0.533. The summed E-state index contributed by atoms with van der Waals surface area (Å²) < 4.78 is 6.40. The molecule has 1 fully saturated rings. The fourth-order valence-corrected chi connectivity index (χ4v) is 2.97. The maximum absolute atomic E-state index is 11.9. The predicted octanol–water partition coefficient (Wildman–Crippen LogP) is 3.03. The monoisotopic (exact) mass is 340 g/mol. The molecular formula is C15H21BrN2O2. The number of benzene rings is 1. The lowest BCUT2D eigenvalue weighted by molar-refractivity contribution is 0.0504. The van der Waals surface area contributed by atoms with Crippen LogP contribution in [0, 0.1) is 0 Å². The zero-order valence-electron chi connectivity index (χ0n) is 12.1. The van der Waals surface area contributed by atoms with Crippen molar-refractivity contribution in [3.63, 3.8) is 0 Å². The molecule has 1 aliphatic rings. The first kappa shape index (κ1) is 15.3. The van der Waals surface area contributed by atoms with Gasteiger partial charge in [-0.3, -0.25) is 0 Å². The summed E-state index contributed by atoms with van der Waals surface area (Å²) in [6.07, 6.45) is -0.358. The lowest BCUT2D eigenvalue weighted by Gasteiger charge is -2.24. The molecule has 1 saturated heterocycles. The number of nitrogens with one attached hydrogen (secondary N) is 2. The van der Waals surface area contributed by atoms with Crippen molar-refractivity contribution in [1.82, 2.24) is 10.6 Å². The standard InChI is InChI=1S/C15H21BrN2O2/c1-15(2,3)20-14(19)18-13-9-17-8-11(13)10-6-4-5-7-12(10)16/h4-7,11,13,17H,8-9H2,1-3H3,(H,18,19)/t11-,13-/m1/s1. The van der Waals surface area contributed by atoms with Gasteiger partial charge in [0.2, 0.25) is 0 Å². The summed E-state index contributed by atoms with van der Waals surface area (Å²) >= 11 is 3.58. The largest absolute Gasteiger partial charge is 0.444 e. The van der Waals surface area contributed by atoms with E-state index in [4.69, 9.17) is 4.74 Å². The normalized spacial score (nSPS) is 22.6. The molecule has 1 amide bonds. The number of hydrogen-bond donors (Lipinski definition) is 2. The molecule has 0 spiro atoms. The third-order valence-electron chi connectivity index (χ3n) is 3.22. The minimum atomic E-state index is -0.473. The van der Waals surface area contributed by atoms with E-state index in [0.29, 0.717) is 0 Å². The van der Waals surface area contributed by atoms with Crippen LogP contribution in [0.25, 0.3) is 0 Å². The SMILES string of the molecule is CC(C)(C)OC(=O)N[C@@H]1CNC[C@@H]1c1ccccc1Br. The second-order valence-corrected chi connectivity index (χ2v) is 6.89. The number of carbonyl (C=O) groups is 1. The van der Waals surface area contributed by atoms with Crippen molar-refractivity contribution in [2.75, 3.05) is 13.1 Å². The Kier molecular flexibility index (Phi) is 4.70. The van der Waals surface area contributed by atoms with Crippen LogP contribution in [0.3, 0.4) is 0 Å². The highest BCUT2D eigenvalue weighted by molar-refractivity contribution is 9.10. The molecule has 0 radical (unpaired) electrons. The van der Waals surface area contributed by atoms with Gasteiger partial charge < -0.3 is 15.4 Å². The molecule has 0 bridgehead atoms. The van der Waals surface area contributed by atoms with E-state index in [-0.39, 0.29) is 18.1 Å². The molecule has 0 aliphatic carbocycles. The number of amides is 1. The Morgan fingerprint density at radius 1 is 1.35 bits per heavy atom. The molecule has 5 heteroatoms. The highest BCUT2D eigenvalue weighted by Crippen LogP contribution is 2.29. The lowest BCUT2D eigenvalue weighted by atomic mass is 9.94. The van der Waals surface area contributed by atoms with E-state index >= 15 is 0 Å². The van der Waals surface area contributed by atoms with Crippen LogP contribution < -0.4 is 10.6 Å². The van der Waals surface area contributed by atoms with Gasteiger partial charge in [-0.25, -0.2) is 4.79 Å². The van der Waals surface area contributed by atoms with Gasteiger partial charge in [-0.15, -0.1) is 0 Å². The molecule has 2 rings (SSSR count). The predicted molar refractivity (Wildman–Crippen MR) is 82.9 cm³/mol. The number of carbonyl (C=O) groups excluding carboxylic acids is 1. The zero-order chi connectivity index (χ0) is 14.8. The second-order valence-electron chi connectivity index (χ2n) is 6.04. The van der Waals surface area contributed by atoms with Gasteiger partial charge in [-0.2, -0.15) is 0 Å². The van der Waals surface area contributed by atoms with Crippen LogP contribution in [0.15, 0.2) is 28.7 Å². The minimum Gasteiger partial charge on any atom is -0.444 e. The molecule has 2 atom stereocenters. The molecule has 1 aromatic carbocycles. The Morgan fingerprint density at radius 3 is 2.70 bits per heavy atom. The van der Waals surface area contributed by atoms with Gasteiger partial charge >= 0.3 is 6.09 Å². The molecule has 1 aromatic rings. The minimum absolute atomic E-state index is 0.0450. The van der Waals surface area contributed by atoms with Crippen LogP contribution in [0.1, 0.15) is 32.3 Å². The van der Waals surface area contributed by atoms with Crippen molar-refractivity contribution in [2.24, 2.45) is 0 Å². The zero-order valence-corrected chi connectivity index (χ0v) is 13.7. The van der Waals surface area contributed by atoms with Gasteiger partial charge in [0, 0.05) is 23.5 Å². The summed E-state index contributed by atoms with van der Waals surface area (Å²) in [6, 6.07) is 8.17. The van der Waals surface area contributed by atoms with Crippen LogP contribution in [-0.4, -0.2) is 30.8 Å². The molecule has 1 aliphatic heterocycles. The van der Waals surface area contributed by atoms with Crippen molar-refractivity contribution < 1.29 is 9.53 Å². The first-order valence-electron chi connectivity index (χ1n) is 6.81. The van der Waals surface area contributed by atoms with Crippen molar-refractivity contribution >= 4 is 22.0 Å². The number of rotatable bonds is 2. The topological polar surface area (TPSA) is 50.4 Å². The van der Waals surface area contributed by atoms with Gasteiger partial charge in [0.25, 0.3) is 0 Å². The van der Waals surface area contributed by atoms with E-state index in [2.05, 4.69) is 32.6 Å². The summed E-state index contributed by atoms with van der Waals surface area (Å²) in [5.74, 6) is 0.248. The number of alkyl carbamates (subject to hydrolysis) is 1. The Balaban J connectivity index is 2.05.